The molecule has 0 radical (unpaired) electrons. The van der Waals surface area contributed by atoms with E-state index in [9.17, 15) is 8.42 Å². The number of aromatic amines is 1. The Morgan fingerprint density at radius 1 is 1.35 bits per heavy atom. The summed E-state index contributed by atoms with van der Waals surface area (Å²) in [6.45, 7) is 3.08. The molecule has 3 heterocycles. The predicted molar refractivity (Wildman–Crippen MR) is 87.1 cm³/mol. The highest BCUT2D eigenvalue weighted by atomic mass is 32.2. The smallest absolute Gasteiger partial charge is 0.214 e. The Labute approximate surface area is 136 Å². The van der Waals surface area contributed by atoms with Gasteiger partial charge in [0.2, 0.25) is 10.0 Å². The first kappa shape index (κ1) is 16.1. The van der Waals surface area contributed by atoms with Gasteiger partial charge in [-0.1, -0.05) is 6.92 Å². The number of nitrogens with zero attached hydrogens (tertiary/aromatic N) is 4. The van der Waals surface area contributed by atoms with Gasteiger partial charge in [-0.2, -0.15) is 5.10 Å². The Balaban J connectivity index is 1.62. The lowest BCUT2D eigenvalue weighted by atomic mass is 10.1. The SMILES string of the molecule is CCCS(=O)(=O)N1CCC(Cc2nc(-c3ccncc3)n[nH]2)C1. The van der Waals surface area contributed by atoms with Gasteiger partial charge < -0.3 is 0 Å². The third-order valence-electron chi connectivity index (χ3n) is 4.06. The fourth-order valence-corrected chi connectivity index (χ4v) is 4.49. The maximum atomic E-state index is 12.1. The normalized spacial score (nSPS) is 19.3. The summed E-state index contributed by atoms with van der Waals surface area (Å²) in [5, 5.41) is 7.19. The van der Waals surface area contributed by atoms with Crippen LogP contribution in [0.5, 0.6) is 0 Å². The highest BCUT2D eigenvalue weighted by Crippen LogP contribution is 2.23. The Morgan fingerprint density at radius 2 is 2.13 bits per heavy atom. The summed E-state index contributed by atoms with van der Waals surface area (Å²) < 4.78 is 25.8. The van der Waals surface area contributed by atoms with Crippen LogP contribution in [0.2, 0.25) is 0 Å². The first-order valence-electron chi connectivity index (χ1n) is 7.88. The average Bonchev–Trinajstić information content (AvgIpc) is 3.18. The minimum atomic E-state index is -3.09. The van der Waals surface area contributed by atoms with Crippen LogP contribution >= 0.6 is 0 Å². The molecule has 1 fully saturated rings. The van der Waals surface area contributed by atoms with E-state index in [-0.39, 0.29) is 5.75 Å². The maximum absolute atomic E-state index is 12.1. The van der Waals surface area contributed by atoms with Gasteiger partial charge in [0.25, 0.3) is 0 Å². The van der Waals surface area contributed by atoms with Crippen LogP contribution in [0.25, 0.3) is 11.4 Å². The zero-order valence-corrected chi connectivity index (χ0v) is 14.0. The zero-order chi connectivity index (χ0) is 16.3. The van der Waals surface area contributed by atoms with Crippen LogP contribution in [0.1, 0.15) is 25.6 Å². The molecule has 0 amide bonds. The Kier molecular flexibility index (Phi) is 4.72. The number of pyridine rings is 1. The van der Waals surface area contributed by atoms with Crippen molar-refractivity contribution >= 4 is 10.0 Å². The van der Waals surface area contributed by atoms with Crippen molar-refractivity contribution < 1.29 is 8.42 Å². The number of nitrogens with one attached hydrogen (secondary N) is 1. The van der Waals surface area contributed by atoms with Gasteiger partial charge in [0.05, 0.1) is 5.75 Å². The molecule has 1 atom stereocenters. The number of sulfonamides is 1. The summed E-state index contributed by atoms with van der Waals surface area (Å²) in [4.78, 5) is 8.48. The average molecular weight is 335 g/mol. The summed E-state index contributed by atoms with van der Waals surface area (Å²) in [6, 6.07) is 3.73. The van der Waals surface area contributed by atoms with E-state index in [1.54, 1.807) is 16.7 Å². The van der Waals surface area contributed by atoms with Crippen LogP contribution in [0.3, 0.4) is 0 Å². The molecule has 0 spiro atoms. The standard InChI is InChI=1S/C15H21N5O2S/c1-2-9-23(21,22)20-8-5-12(11-20)10-14-17-15(19-18-14)13-3-6-16-7-4-13/h3-4,6-7,12H,2,5,8-11H2,1H3,(H,17,18,19). The van der Waals surface area contributed by atoms with Crippen LogP contribution < -0.4 is 0 Å². The lowest BCUT2D eigenvalue weighted by Gasteiger charge is -2.15. The molecule has 1 unspecified atom stereocenters. The van der Waals surface area contributed by atoms with Crippen molar-refractivity contribution in [3.8, 4) is 11.4 Å². The number of hydrogen-bond donors (Lipinski definition) is 1. The van der Waals surface area contributed by atoms with Crippen molar-refractivity contribution in [1.29, 1.82) is 0 Å². The van der Waals surface area contributed by atoms with E-state index >= 15 is 0 Å². The molecule has 1 N–H and O–H groups in total. The van der Waals surface area contributed by atoms with Gasteiger partial charge in [0.15, 0.2) is 5.82 Å². The molecule has 8 heteroatoms. The van der Waals surface area contributed by atoms with Crippen LogP contribution in [0, 0.1) is 5.92 Å². The fourth-order valence-electron chi connectivity index (χ4n) is 2.89. The molecule has 3 rings (SSSR count). The summed E-state index contributed by atoms with van der Waals surface area (Å²) in [6.07, 6.45) is 5.66. The Hall–Kier alpha value is -1.80. The molecule has 1 aliphatic heterocycles. The van der Waals surface area contributed by atoms with Gasteiger partial charge in [0, 0.05) is 37.5 Å². The molecule has 1 aliphatic rings. The second-order valence-corrected chi connectivity index (χ2v) is 7.96. The molecular weight excluding hydrogens is 314 g/mol. The van der Waals surface area contributed by atoms with E-state index in [0.29, 0.717) is 31.3 Å². The summed E-state index contributed by atoms with van der Waals surface area (Å²) in [7, 11) is -3.09. The van der Waals surface area contributed by atoms with Gasteiger partial charge >= 0.3 is 0 Å². The molecule has 2 aromatic rings. The summed E-state index contributed by atoms with van der Waals surface area (Å²) in [5.41, 5.74) is 0.918. The summed E-state index contributed by atoms with van der Waals surface area (Å²) >= 11 is 0. The number of rotatable bonds is 6. The van der Waals surface area contributed by atoms with Gasteiger partial charge in [-0.15, -0.1) is 0 Å². The Bertz CT molecular complexity index is 744. The molecule has 23 heavy (non-hydrogen) atoms. The maximum Gasteiger partial charge on any atom is 0.214 e. The fraction of sp³-hybridized carbons (Fsp3) is 0.533. The molecule has 2 aromatic heterocycles. The van der Waals surface area contributed by atoms with E-state index in [2.05, 4.69) is 20.2 Å². The zero-order valence-electron chi connectivity index (χ0n) is 13.1. The second kappa shape index (κ2) is 6.76. The van der Waals surface area contributed by atoms with E-state index < -0.39 is 10.0 Å². The highest BCUT2D eigenvalue weighted by Gasteiger charge is 2.31. The monoisotopic (exact) mass is 335 g/mol. The lowest BCUT2D eigenvalue weighted by Crippen LogP contribution is -2.31. The number of H-pyrrole nitrogens is 1. The van der Waals surface area contributed by atoms with Crippen LogP contribution in [0.4, 0.5) is 0 Å². The molecule has 0 aromatic carbocycles. The van der Waals surface area contributed by atoms with Crippen molar-refractivity contribution in [3.05, 3.63) is 30.4 Å². The van der Waals surface area contributed by atoms with Crippen LogP contribution in [-0.2, 0) is 16.4 Å². The number of aromatic nitrogens is 4. The first-order valence-corrected chi connectivity index (χ1v) is 9.49. The van der Waals surface area contributed by atoms with Crippen molar-refractivity contribution in [2.75, 3.05) is 18.8 Å². The topological polar surface area (TPSA) is 91.8 Å². The predicted octanol–water partition coefficient (Wildman–Crippen LogP) is 1.47. The van der Waals surface area contributed by atoms with Crippen molar-refractivity contribution in [3.63, 3.8) is 0 Å². The van der Waals surface area contributed by atoms with Crippen LogP contribution in [0.15, 0.2) is 24.5 Å². The van der Waals surface area contributed by atoms with E-state index in [4.69, 9.17) is 0 Å². The third kappa shape index (κ3) is 3.76. The highest BCUT2D eigenvalue weighted by molar-refractivity contribution is 7.89. The molecule has 0 bridgehead atoms. The van der Waals surface area contributed by atoms with Crippen LogP contribution in [-0.4, -0.2) is 51.7 Å². The molecule has 7 nitrogen and oxygen atoms in total. The second-order valence-electron chi connectivity index (χ2n) is 5.87. The lowest BCUT2D eigenvalue weighted by molar-refractivity contribution is 0.453. The quantitative estimate of drug-likeness (QED) is 0.863. The van der Waals surface area contributed by atoms with E-state index in [0.717, 1.165) is 24.2 Å². The molecule has 0 aliphatic carbocycles. The van der Waals surface area contributed by atoms with Crippen molar-refractivity contribution in [2.45, 2.75) is 26.2 Å². The molecule has 0 saturated carbocycles. The Morgan fingerprint density at radius 3 is 2.87 bits per heavy atom. The molecule has 1 saturated heterocycles. The third-order valence-corrected chi connectivity index (χ3v) is 6.10. The van der Waals surface area contributed by atoms with Gasteiger partial charge in [-0.25, -0.2) is 17.7 Å². The van der Waals surface area contributed by atoms with Gasteiger partial charge in [-0.05, 0) is 30.9 Å². The number of hydrogen-bond acceptors (Lipinski definition) is 5. The van der Waals surface area contributed by atoms with E-state index in [1.165, 1.54) is 0 Å². The van der Waals surface area contributed by atoms with Gasteiger partial charge in [-0.3, -0.25) is 10.1 Å². The minimum Gasteiger partial charge on any atom is -0.265 e. The molecular formula is C15H21N5O2S. The van der Waals surface area contributed by atoms with E-state index in [1.807, 2.05) is 19.1 Å². The van der Waals surface area contributed by atoms with Crippen molar-refractivity contribution in [1.82, 2.24) is 24.5 Å². The first-order chi connectivity index (χ1) is 11.1. The minimum absolute atomic E-state index is 0.230. The summed E-state index contributed by atoms with van der Waals surface area (Å²) in [5.74, 6) is 1.97. The van der Waals surface area contributed by atoms with Crippen molar-refractivity contribution in [2.24, 2.45) is 5.92 Å². The molecule has 124 valence electrons. The largest absolute Gasteiger partial charge is 0.265 e. The van der Waals surface area contributed by atoms with Gasteiger partial charge in [0.1, 0.15) is 5.82 Å².